The van der Waals surface area contributed by atoms with Gasteiger partial charge in [0.05, 0.1) is 5.39 Å². The summed E-state index contributed by atoms with van der Waals surface area (Å²) in [5, 5.41) is 10.6. The van der Waals surface area contributed by atoms with Crippen molar-refractivity contribution in [1.29, 1.82) is 0 Å². The van der Waals surface area contributed by atoms with E-state index in [0.717, 1.165) is 12.8 Å². The molecule has 0 radical (unpaired) electrons. The highest BCUT2D eigenvalue weighted by atomic mass is 16.5. The van der Waals surface area contributed by atoms with Crippen LogP contribution in [0.4, 0.5) is 0 Å². The second kappa shape index (κ2) is 7.50. The second-order valence-corrected chi connectivity index (χ2v) is 6.80. The van der Waals surface area contributed by atoms with Gasteiger partial charge in [0.2, 0.25) is 5.91 Å². The van der Waals surface area contributed by atoms with Crippen LogP contribution >= 0.6 is 0 Å². The van der Waals surface area contributed by atoms with Crippen LogP contribution in [0.1, 0.15) is 42.6 Å². The highest BCUT2D eigenvalue weighted by molar-refractivity contribution is 5.83. The molecule has 0 bridgehead atoms. The van der Waals surface area contributed by atoms with Gasteiger partial charge in [-0.15, -0.1) is 0 Å². The third-order valence-corrected chi connectivity index (χ3v) is 5.24. The largest absolute Gasteiger partial charge is 0.508 e. The summed E-state index contributed by atoms with van der Waals surface area (Å²) in [6.07, 6.45) is 2.06. The average Bonchev–Trinajstić information content (AvgIpc) is 2.65. The number of ether oxygens (including phenoxy) is 1. The number of benzene rings is 1. The number of amides is 1. The zero-order chi connectivity index (χ0) is 18.8. The number of fused-ring (bicyclic) bond motifs is 1. The molecule has 0 unspecified atom stereocenters. The number of carbonyl (C=O) groups excluding carboxylic acids is 1. The zero-order valence-corrected chi connectivity index (χ0v) is 15.5. The third-order valence-electron chi connectivity index (χ3n) is 5.24. The third kappa shape index (κ3) is 3.21. The van der Waals surface area contributed by atoms with Gasteiger partial charge in [-0.1, -0.05) is 6.92 Å². The first-order valence-corrected chi connectivity index (χ1v) is 9.02. The standard InChI is InChI=1S/C20H25NO5/c1-4-14-16(22)6-5-15-18(24)12(2)19(26-20(14)15)13-7-9-21(10-8-13)17(23)11-25-3/h5-6,13,22H,4,7-11H2,1-3H3. The van der Waals surface area contributed by atoms with Crippen LogP contribution in [0.25, 0.3) is 11.0 Å². The summed E-state index contributed by atoms with van der Waals surface area (Å²) in [5.41, 5.74) is 1.71. The Morgan fingerprint density at radius 2 is 2.04 bits per heavy atom. The Balaban J connectivity index is 1.95. The SMILES string of the molecule is CCc1c(O)ccc2c(=O)c(C)c(C3CCN(C(=O)COC)CC3)oc12. The molecule has 1 aromatic heterocycles. The average molecular weight is 359 g/mol. The number of aryl methyl sites for hydroxylation is 1. The van der Waals surface area contributed by atoms with Crippen molar-refractivity contribution < 1.29 is 19.1 Å². The van der Waals surface area contributed by atoms with Gasteiger partial charge in [-0.3, -0.25) is 9.59 Å². The molecule has 1 N–H and O–H groups in total. The predicted octanol–water partition coefficient (Wildman–Crippen LogP) is 2.72. The molecule has 0 aliphatic carbocycles. The summed E-state index contributed by atoms with van der Waals surface area (Å²) < 4.78 is 11.1. The maximum Gasteiger partial charge on any atom is 0.248 e. The summed E-state index contributed by atoms with van der Waals surface area (Å²) >= 11 is 0. The minimum atomic E-state index is -0.0474. The van der Waals surface area contributed by atoms with Crippen molar-refractivity contribution in [1.82, 2.24) is 4.90 Å². The molecule has 1 fully saturated rings. The van der Waals surface area contributed by atoms with Gasteiger partial charge in [-0.2, -0.15) is 0 Å². The fourth-order valence-corrected chi connectivity index (χ4v) is 3.75. The Morgan fingerprint density at radius 1 is 1.35 bits per heavy atom. The first kappa shape index (κ1) is 18.5. The molecular weight excluding hydrogens is 334 g/mol. The number of phenolic OH excluding ortho intramolecular Hbond substituents is 1. The van der Waals surface area contributed by atoms with Crippen molar-refractivity contribution in [2.75, 3.05) is 26.8 Å². The van der Waals surface area contributed by atoms with Crippen LogP contribution in [0.2, 0.25) is 0 Å². The van der Waals surface area contributed by atoms with Crippen molar-refractivity contribution >= 4 is 16.9 Å². The van der Waals surface area contributed by atoms with Crippen molar-refractivity contribution in [3.63, 3.8) is 0 Å². The molecule has 1 aromatic carbocycles. The van der Waals surface area contributed by atoms with E-state index in [0.29, 0.717) is 47.4 Å². The van der Waals surface area contributed by atoms with Crippen LogP contribution in [0.3, 0.4) is 0 Å². The summed E-state index contributed by atoms with van der Waals surface area (Å²) in [6.45, 7) is 5.05. The van der Waals surface area contributed by atoms with Crippen LogP contribution in [-0.2, 0) is 16.0 Å². The molecule has 2 heterocycles. The Hall–Kier alpha value is -2.34. The molecule has 0 spiro atoms. The van der Waals surface area contributed by atoms with E-state index in [2.05, 4.69) is 0 Å². The lowest BCUT2D eigenvalue weighted by molar-refractivity contribution is -0.136. The number of nitrogens with zero attached hydrogens (tertiary/aromatic N) is 1. The van der Waals surface area contributed by atoms with Gasteiger partial charge in [-0.25, -0.2) is 0 Å². The van der Waals surface area contributed by atoms with E-state index in [1.807, 2.05) is 6.92 Å². The van der Waals surface area contributed by atoms with Crippen molar-refractivity contribution in [3.8, 4) is 5.75 Å². The fourth-order valence-electron chi connectivity index (χ4n) is 3.75. The van der Waals surface area contributed by atoms with E-state index >= 15 is 0 Å². The van der Waals surface area contributed by atoms with E-state index in [4.69, 9.17) is 9.15 Å². The topological polar surface area (TPSA) is 80.0 Å². The van der Waals surface area contributed by atoms with Gasteiger partial charge in [0, 0.05) is 37.2 Å². The number of likely N-dealkylation sites (tertiary alicyclic amines) is 1. The highest BCUT2D eigenvalue weighted by Crippen LogP contribution is 2.34. The van der Waals surface area contributed by atoms with Crippen molar-refractivity contribution in [2.24, 2.45) is 0 Å². The number of carbonyl (C=O) groups is 1. The van der Waals surface area contributed by atoms with Crippen LogP contribution in [0, 0.1) is 6.92 Å². The highest BCUT2D eigenvalue weighted by Gasteiger charge is 2.28. The normalized spacial score (nSPS) is 15.6. The van der Waals surface area contributed by atoms with E-state index in [-0.39, 0.29) is 29.6 Å². The van der Waals surface area contributed by atoms with Gasteiger partial charge >= 0.3 is 0 Å². The Kier molecular flexibility index (Phi) is 5.32. The van der Waals surface area contributed by atoms with E-state index in [1.165, 1.54) is 7.11 Å². The number of hydrogen-bond donors (Lipinski definition) is 1. The summed E-state index contributed by atoms with van der Waals surface area (Å²) in [4.78, 5) is 26.6. The monoisotopic (exact) mass is 359 g/mol. The number of piperidine rings is 1. The maximum absolute atomic E-state index is 12.8. The second-order valence-electron chi connectivity index (χ2n) is 6.80. The smallest absolute Gasteiger partial charge is 0.248 e. The molecule has 140 valence electrons. The first-order valence-electron chi connectivity index (χ1n) is 9.02. The number of phenols is 1. The lowest BCUT2D eigenvalue weighted by Crippen LogP contribution is -2.40. The summed E-state index contributed by atoms with van der Waals surface area (Å²) in [7, 11) is 1.51. The van der Waals surface area contributed by atoms with Gasteiger partial charge < -0.3 is 19.2 Å². The van der Waals surface area contributed by atoms with Crippen molar-refractivity contribution in [3.05, 3.63) is 39.2 Å². The Bertz CT molecular complexity index is 878. The molecule has 6 heteroatoms. The fraction of sp³-hybridized carbons (Fsp3) is 0.500. The van der Waals surface area contributed by atoms with Crippen LogP contribution in [0.5, 0.6) is 5.75 Å². The Morgan fingerprint density at radius 3 is 2.65 bits per heavy atom. The summed E-state index contributed by atoms with van der Waals surface area (Å²) in [6, 6.07) is 3.18. The zero-order valence-electron chi connectivity index (χ0n) is 15.5. The lowest BCUT2D eigenvalue weighted by atomic mass is 9.91. The molecule has 1 aliphatic heterocycles. The van der Waals surface area contributed by atoms with Crippen molar-refractivity contribution in [2.45, 2.75) is 39.0 Å². The summed E-state index contributed by atoms with van der Waals surface area (Å²) in [5.74, 6) is 0.908. The number of methoxy groups -OCH3 is 1. The number of rotatable bonds is 4. The van der Waals surface area contributed by atoms with Crippen LogP contribution in [0.15, 0.2) is 21.3 Å². The number of hydrogen-bond acceptors (Lipinski definition) is 5. The minimum Gasteiger partial charge on any atom is -0.508 e. The molecule has 1 saturated heterocycles. The van der Waals surface area contributed by atoms with Crippen LogP contribution in [-0.4, -0.2) is 42.7 Å². The molecule has 2 aromatic rings. The van der Waals surface area contributed by atoms with Gasteiger partial charge in [0.25, 0.3) is 0 Å². The van der Waals surface area contributed by atoms with Crippen LogP contribution < -0.4 is 5.43 Å². The number of aromatic hydroxyl groups is 1. The lowest BCUT2D eigenvalue weighted by Gasteiger charge is -2.32. The molecule has 26 heavy (non-hydrogen) atoms. The quantitative estimate of drug-likeness (QED) is 0.908. The van der Waals surface area contributed by atoms with Gasteiger partial charge in [0.15, 0.2) is 5.43 Å². The van der Waals surface area contributed by atoms with Gasteiger partial charge in [0.1, 0.15) is 23.7 Å². The molecule has 0 saturated carbocycles. The molecule has 6 nitrogen and oxygen atoms in total. The first-order chi connectivity index (χ1) is 12.5. The predicted molar refractivity (Wildman–Crippen MR) is 98.7 cm³/mol. The maximum atomic E-state index is 12.8. The minimum absolute atomic E-state index is 0.0131. The molecule has 3 rings (SSSR count). The molecular formula is C20H25NO5. The molecule has 1 amide bonds. The van der Waals surface area contributed by atoms with Gasteiger partial charge in [-0.05, 0) is 38.3 Å². The van der Waals surface area contributed by atoms with E-state index in [9.17, 15) is 14.7 Å². The molecule has 1 aliphatic rings. The van der Waals surface area contributed by atoms with E-state index < -0.39 is 0 Å². The molecule has 0 atom stereocenters. The van der Waals surface area contributed by atoms with E-state index in [1.54, 1.807) is 24.0 Å². The Labute approximate surface area is 152 Å².